The molecule has 1 atom stereocenters. The summed E-state index contributed by atoms with van der Waals surface area (Å²) < 4.78 is 25.1. The number of piperazine rings is 1. The number of anilines is 2. The van der Waals surface area contributed by atoms with Gasteiger partial charge in [-0.1, -0.05) is 5.16 Å². The van der Waals surface area contributed by atoms with Crippen molar-refractivity contribution in [3.8, 4) is 0 Å². The standard InChI is InChI=1S/C20H22FN5O5S/c1-12-9-15(22-31-12)18(27)25-7-5-24(6-8-25)16-4-3-13(10-14(16)21)26-11-17(30-19(26)28)23(2)20(29)32/h3-4,9-10,17H,5-8,11H2,1-2H3,(H,29,32). The molecule has 0 aliphatic carbocycles. The first-order valence-electron chi connectivity index (χ1n) is 9.95. The van der Waals surface area contributed by atoms with E-state index in [0.29, 0.717) is 43.3 Å². The minimum absolute atomic E-state index is 0.0944. The molecule has 1 aromatic carbocycles. The molecular weight excluding hydrogens is 441 g/mol. The minimum atomic E-state index is -0.762. The van der Waals surface area contributed by atoms with Gasteiger partial charge in [0.25, 0.3) is 11.1 Å². The van der Waals surface area contributed by atoms with Gasteiger partial charge in [0.15, 0.2) is 11.9 Å². The molecule has 2 fully saturated rings. The van der Waals surface area contributed by atoms with Crippen molar-refractivity contribution in [3.05, 3.63) is 41.5 Å². The van der Waals surface area contributed by atoms with E-state index in [4.69, 9.17) is 9.26 Å². The molecule has 0 bridgehead atoms. The topological polar surface area (TPSA) is 103 Å². The van der Waals surface area contributed by atoms with Crippen molar-refractivity contribution in [2.45, 2.75) is 13.2 Å². The Morgan fingerprint density at radius 2 is 2.00 bits per heavy atom. The molecule has 2 aromatic rings. The van der Waals surface area contributed by atoms with Crippen molar-refractivity contribution in [1.29, 1.82) is 0 Å². The van der Waals surface area contributed by atoms with Gasteiger partial charge in [-0.15, -0.1) is 0 Å². The van der Waals surface area contributed by atoms with Crippen LogP contribution in [0.3, 0.4) is 0 Å². The smallest absolute Gasteiger partial charge is 0.416 e. The average molecular weight is 463 g/mol. The molecule has 1 unspecified atom stereocenters. The first-order chi connectivity index (χ1) is 15.2. The fourth-order valence-electron chi connectivity index (χ4n) is 3.68. The number of hydrogen-bond donors (Lipinski definition) is 1. The van der Waals surface area contributed by atoms with Gasteiger partial charge in [0.1, 0.15) is 11.6 Å². The highest BCUT2D eigenvalue weighted by Crippen LogP contribution is 2.29. The lowest BCUT2D eigenvalue weighted by Gasteiger charge is -2.36. The van der Waals surface area contributed by atoms with Crippen molar-refractivity contribution in [2.24, 2.45) is 0 Å². The van der Waals surface area contributed by atoms with Crippen LogP contribution in [0.2, 0.25) is 0 Å². The normalized spacial score (nSPS) is 18.7. The number of carbonyl (C=O) groups is 2. The van der Waals surface area contributed by atoms with E-state index in [1.54, 1.807) is 30.0 Å². The molecule has 32 heavy (non-hydrogen) atoms. The Kier molecular flexibility index (Phi) is 5.87. The molecular formula is C20H22FN5O5S. The van der Waals surface area contributed by atoms with Gasteiger partial charge in [-0.05, 0) is 37.3 Å². The predicted molar refractivity (Wildman–Crippen MR) is 116 cm³/mol. The second-order valence-electron chi connectivity index (χ2n) is 7.58. The number of carbonyl (C=O) groups excluding carboxylic acids is 2. The van der Waals surface area contributed by atoms with E-state index >= 15 is 0 Å². The summed E-state index contributed by atoms with van der Waals surface area (Å²) in [7, 11) is 1.50. The molecule has 0 saturated carbocycles. The summed E-state index contributed by atoms with van der Waals surface area (Å²) in [5, 5.41) is 12.8. The molecule has 1 N–H and O–H groups in total. The second kappa shape index (κ2) is 8.61. The molecule has 170 valence electrons. The maximum Gasteiger partial charge on any atom is 0.416 e. The third kappa shape index (κ3) is 4.17. The van der Waals surface area contributed by atoms with Gasteiger partial charge in [-0.3, -0.25) is 14.6 Å². The summed E-state index contributed by atoms with van der Waals surface area (Å²) in [6.45, 7) is 3.54. The summed E-state index contributed by atoms with van der Waals surface area (Å²) in [5.41, 5.74) is 0.983. The summed E-state index contributed by atoms with van der Waals surface area (Å²) in [5.74, 6) is -0.142. The number of cyclic esters (lactones) is 1. The van der Waals surface area contributed by atoms with Crippen LogP contribution in [0, 0.1) is 12.7 Å². The van der Waals surface area contributed by atoms with Crippen molar-refractivity contribution < 1.29 is 28.3 Å². The monoisotopic (exact) mass is 463 g/mol. The van der Waals surface area contributed by atoms with Gasteiger partial charge >= 0.3 is 6.09 Å². The molecule has 4 rings (SSSR count). The van der Waals surface area contributed by atoms with E-state index < -0.39 is 23.3 Å². The van der Waals surface area contributed by atoms with Crippen molar-refractivity contribution >= 4 is 40.8 Å². The van der Waals surface area contributed by atoms with E-state index in [9.17, 15) is 19.1 Å². The van der Waals surface area contributed by atoms with Crippen LogP contribution in [0.1, 0.15) is 16.2 Å². The van der Waals surface area contributed by atoms with Crippen molar-refractivity contribution in [2.75, 3.05) is 49.6 Å². The van der Waals surface area contributed by atoms with Crippen molar-refractivity contribution in [1.82, 2.24) is 15.0 Å². The number of benzene rings is 1. The third-order valence-corrected chi connectivity index (χ3v) is 5.82. The summed E-state index contributed by atoms with van der Waals surface area (Å²) in [6, 6.07) is 6.10. The average Bonchev–Trinajstić information content (AvgIpc) is 3.38. The van der Waals surface area contributed by atoms with E-state index in [1.807, 2.05) is 4.90 Å². The fraction of sp³-hybridized carbons (Fsp3) is 0.400. The summed E-state index contributed by atoms with van der Waals surface area (Å²) in [4.78, 5) is 30.7. The number of halogens is 1. The summed E-state index contributed by atoms with van der Waals surface area (Å²) >= 11 is 4.69. The molecule has 2 saturated heterocycles. The lowest BCUT2D eigenvalue weighted by Crippen LogP contribution is -2.49. The van der Waals surface area contributed by atoms with Gasteiger partial charge in [-0.25, -0.2) is 9.18 Å². The third-order valence-electron chi connectivity index (χ3n) is 5.53. The molecule has 2 aliphatic heterocycles. The first-order valence-corrected chi connectivity index (χ1v) is 10.4. The van der Waals surface area contributed by atoms with E-state index in [2.05, 4.69) is 17.4 Å². The van der Waals surface area contributed by atoms with Crippen LogP contribution in [0.25, 0.3) is 0 Å². The molecule has 3 heterocycles. The number of aliphatic hydroxyl groups excluding tert-OH is 1. The Labute approximate surface area is 188 Å². The zero-order chi connectivity index (χ0) is 23.0. The number of likely N-dealkylation sites (N-methyl/N-ethyl adjacent to an activating group) is 1. The highest BCUT2D eigenvalue weighted by atomic mass is 32.1. The minimum Gasteiger partial charge on any atom is -0.486 e. The Bertz CT molecular complexity index is 1050. The molecule has 12 heteroatoms. The van der Waals surface area contributed by atoms with Crippen LogP contribution in [-0.4, -0.2) is 83.2 Å². The SMILES string of the molecule is Cc1cc(C(=O)N2CCN(c3ccc(N4CC(N(C)C(O)=S)OC4=O)cc3F)CC2)no1. The number of aliphatic hydroxyl groups is 1. The zero-order valence-electron chi connectivity index (χ0n) is 17.5. The lowest BCUT2D eigenvalue weighted by molar-refractivity contribution is 0.0707. The van der Waals surface area contributed by atoms with E-state index in [-0.39, 0.29) is 18.1 Å². The maximum absolute atomic E-state index is 14.9. The van der Waals surface area contributed by atoms with Crippen LogP contribution in [-0.2, 0) is 4.74 Å². The Balaban J connectivity index is 1.40. The molecule has 1 aromatic heterocycles. The molecule has 0 spiro atoms. The van der Waals surface area contributed by atoms with Crippen LogP contribution in [0.4, 0.5) is 20.6 Å². The molecule has 0 radical (unpaired) electrons. The molecule has 10 nitrogen and oxygen atoms in total. The first kappa shape index (κ1) is 21.8. The van der Waals surface area contributed by atoms with Gasteiger partial charge in [0, 0.05) is 39.3 Å². The van der Waals surface area contributed by atoms with Crippen LogP contribution < -0.4 is 9.80 Å². The number of nitrogens with zero attached hydrogens (tertiary/aromatic N) is 5. The zero-order valence-corrected chi connectivity index (χ0v) is 18.3. The molecule has 2 aliphatic rings. The quantitative estimate of drug-likeness (QED) is 0.683. The fourth-order valence-corrected chi connectivity index (χ4v) is 3.80. The van der Waals surface area contributed by atoms with Gasteiger partial charge in [-0.2, -0.15) is 0 Å². The predicted octanol–water partition coefficient (Wildman–Crippen LogP) is 2.14. The second-order valence-corrected chi connectivity index (χ2v) is 7.95. The number of rotatable bonds is 4. The van der Waals surface area contributed by atoms with Crippen molar-refractivity contribution in [3.63, 3.8) is 0 Å². The van der Waals surface area contributed by atoms with Gasteiger partial charge < -0.3 is 24.2 Å². The van der Waals surface area contributed by atoms with Gasteiger partial charge in [0.05, 0.1) is 17.9 Å². The van der Waals surface area contributed by atoms with Crippen LogP contribution >= 0.6 is 12.2 Å². The number of aryl methyl sites for hydroxylation is 1. The highest BCUT2D eigenvalue weighted by Gasteiger charge is 2.36. The Morgan fingerprint density at radius 3 is 2.59 bits per heavy atom. The molecule has 2 amide bonds. The number of amides is 2. The van der Waals surface area contributed by atoms with E-state index in [1.165, 1.54) is 22.9 Å². The maximum atomic E-state index is 14.9. The van der Waals surface area contributed by atoms with Gasteiger partial charge in [0.2, 0.25) is 0 Å². The number of thiocarbonyl (C=S) groups is 1. The number of hydrogen-bond acceptors (Lipinski definition) is 7. The number of ether oxygens (including phenoxy) is 1. The number of aromatic nitrogens is 1. The summed E-state index contributed by atoms with van der Waals surface area (Å²) in [6.07, 6.45) is -1.41. The largest absolute Gasteiger partial charge is 0.486 e. The Hall–Kier alpha value is -3.41. The lowest BCUT2D eigenvalue weighted by atomic mass is 10.2. The van der Waals surface area contributed by atoms with Crippen LogP contribution in [0.5, 0.6) is 0 Å². The van der Waals surface area contributed by atoms with E-state index in [0.717, 1.165) is 0 Å². The highest BCUT2D eigenvalue weighted by molar-refractivity contribution is 7.79. The van der Waals surface area contributed by atoms with Crippen LogP contribution in [0.15, 0.2) is 28.8 Å². The Morgan fingerprint density at radius 1 is 1.28 bits per heavy atom.